The molecule has 0 radical (unpaired) electrons. The van der Waals surface area contributed by atoms with Crippen LogP contribution in [0.25, 0.3) is 10.9 Å². The van der Waals surface area contributed by atoms with Gasteiger partial charge in [-0.25, -0.2) is 8.42 Å². The van der Waals surface area contributed by atoms with Crippen molar-refractivity contribution >= 4 is 26.6 Å². The van der Waals surface area contributed by atoms with Crippen LogP contribution in [0.3, 0.4) is 0 Å². The molecule has 1 aliphatic rings. The Kier molecular flexibility index (Phi) is 3.51. The highest BCUT2D eigenvalue weighted by Crippen LogP contribution is 2.24. The highest BCUT2D eigenvalue weighted by Gasteiger charge is 2.33. The lowest BCUT2D eigenvalue weighted by Crippen LogP contribution is -2.37. The van der Waals surface area contributed by atoms with Crippen LogP contribution in [0, 0.1) is 13.8 Å². The summed E-state index contributed by atoms with van der Waals surface area (Å²) in [6, 6.07) is 5.36. The first-order chi connectivity index (χ1) is 10.3. The first kappa shape index (κ1) is 15.1. The molecule has 3 rings (SSSR count). The van der Waals surface area contributed by atoms with E-state index >= 15 is 0 Å². The van der Waals surface area contributed by atoms with Gasteiger partial charge in [-0.15, -0.1) is 0 Å². The van der Waals surface area contributed by atoms with Crippen LogP contribution in [0.15, 0.2) is 18.2 Å². The summed E-state index contributed by atoms with van der Waals surface area (Å²) >= 11 is 0. The predicted molar refractivity (Wildman–Crippen MR) is 86.9 cm³/mol. The number of nitrogens with zero attached hydrogens (tertiary/aromatic N) is 1. The molecule has 2 heterocycles. The van der Waals surface area contributed by atoms with Gasteiger partial charge in [0.15, 0.2) is 9.84 Å². The minimum Gasteiger partial charge on any atom is -0.358 e. The zero-order valence-electron chi connectivity index (χ0n) is 13.0. The Morgan fingerprint density at radius 2 is 2.05 bits per heavy atom. The maximum atomic E-state index is 12.6. The van der Waals surface area contributed by atoms with Crippen molar-refractivity contribution < 1.29 is 13.2 Å². The molecule has 5 nitrogen and oxygen atoms in total. The van der Waals surface area contributed by atoms with Crippen molar-refractivity contribution in [2.45, 2.75) is 26.3 Å². The lowest BCUT2D eigenvalue weighted by Gasteiger charge is -2.23. The molecule has 1 amide bonds. The summed E-state index contributed by atoms with van der Waals surface area (Å²) in [5.74, 6) is 0.117. The number of nitrogens with one attached hydrogen (secondary N) is 1. The van der Waals surface area contributed by atoms with Crippen LogP contribution in [0.5, 0.6) is 0 Å². The molecule has 0 unspecified atom stereocenters. The molecule has 1 saturated heterocycles. The molecule has 0 aliphatic carbocycles. The zero-order chi connectivity index (χ0) is 16.1. The summed E-state index contributed by atoms with van der Waals surface area (Å²) in [6.45, 7) is 4.03. The molecule has 1 atom stereocenters. The summed E-state index contributed by atoms with van der Waals surface area (Å²) in [7, 11) is -1.31. The van der Waals surface area contributed by atoms with E-state index in [-0.39, 0.29) is 23.5 Å². The summed E-state index contributed by atoms with van der Waals surface area (Å²) < 4.78 is 23.2. The van der Waals surface area contributed by atoms with Crippen LogP contribution in [0.4, 0.5) is 0 Å². The van der Waals surface area contributed by atoms with Gasteiger partial charge >= 0.3 is 0 Å². The second-order valence-electron chi connectivity index (χ2n) is 6.11. The third kappa shape index (κ3) is 2.52. The fourth-order valence-corrected chi connectivity index (χ4v) is 4.82. The Labute approximate surface area is 130 Å². The summed E-state index contributed by atoms with van der Waals surface area (Å²) in [6.07, 6.45) is 0.523. The Hall–Kier alpha value is -1.82. The maximum absolute atomic E-state index is 12.6. The maximum Gasteiger partial charge on any atom is 0.253 e. The van der Waals surface area contributed by atoms with E-state index in [1.807, 2.05) is 26.0 Å². The Morgan fingerprint density at radius 1 is 1.32 bits per heavy atom. The first-order valence-corrected chi connectivity index (χ1v) is 9.17. The number of hydrogen-bond donors (Lipinski definition) is 1. The summed E-state index contributed by atoms with van der Waals surface area (Å²) in [5, 5.41) is 1.04. The van der Waals surface area contributed by atoms with Gasteiger partial charge in [-0.2, -0.15) is 0 Å². The molecule has 22 heavy (non-hydrogen) atoms. The van der Waals surface area contributed by atoms with Crippen molar-refractivity contribution in [2.75, 3.05) is 18.6 Å². The van der Waals surface area contributed by atoms with Crippen molar-refractivity contribution in [1.82, 2.24) is 9.88 Å². The van der Waals surface area contributed by atoms with Gasteiger partial charge < -0.3 is 9.88 Å². The normalized spacial score (nSPS) is 20.4. The van der Waals surface area contributed by atoms with E-state index in [0.29, 0.717) is 12.0 Å². The lowest BCUT2D eigenvalue weighted by molar-refractivity contribution is 0.0748. The van der Waals surface area contributed by atoms with Crippen LogP contribution in [-0.4, -0.2) is 48.8 Å². The van der Waals surface area contributed by atoms with E-state index in [1.165, 1.54) is 0 Å². The van der Waals surface area contributed by atoms with E-state index in [4.69, 9.17) is 0 Å². The molecular weight excluding hydrogens is 300 g/mol. The molecule has 0 saturated carbocycles. The number of aryl methyl sites for hydroxylation is 2. The van der Waals surface area contributed by atoms with Crippen LogP contribution in [-0.2, 0) is 9.84 Å². The Bertz CT molecular complexity index is 852. The number of benzene rings is 1. The topological polar surface area (TPSA) is 70.2 Å². The first-order valence-electron chi connectivity index (χ1n) is 7.35. The zero-order valence-corrected chi connectivity index (χ0v) is 13.8. The summed E-state index contributed by atoms with van der Waals surface area (Å²) in [5.41, 5.74) is 3.84. The van der Waals surface area contributed by atoms with E-state index in [2.05, 4.69) is 4.98 Å². The van der Waals surface area contributed by atoms with Crippen molar-refractivity contribution in [2.24, 2.45) is 0 Å². The number of aromatic nitrogens is 1. The van der Waals surface area contributed by atoms with Gasteiger partial charge in [-0.05, 0) is 44.0 Å². The van der Waals surface area contributed by atoms with E-state index in [0.717, 1.165) is 22.2 Å². The van der Waals surface area contributed by atoms with E-state index in [9.17, 15) is 13.2 Å². The highest BCUT2D eigenvalue weighted by atomic mass is 32.2. The minimum absolute atomic E-state index is 0.0692. The van der Waals surface area contributed by atoms with Gasteiger partial charge in [0.05, 0.1) is 11.5 Å². The third-order valence-corrected chi connectivity index (χ3v) is 6.38. The second-order valence-corrected chi connectivity index (χ2v) is 8.34. The smallest absolute Gasteiger partial charge is 0.253 e. The molecule has 0 spiro atoms. The van der Waals surface area contributed by atoms with Crippen LogP contribution < -0.4 is 0 Å². The lowest BCUT2D eigenvalue weighted by atomic mass is 10.1. The van der Waals surface area contributed by atoms with Crippen molar-refractivity contribution in [3.63, 3.8) is 0 Å². The van der Waals surface area contributed by atoms with Gasteiger partial charge in [0.2, 0.25) is 0 Å². The third-order valence-electron chi connectivity index (χ3n) is 4.63. The van der Waals surface area contributed by atoms with Gasteiger partial charge in [-0.3, -0.25) is 4.79 Å². The fourth-order valence-electron chi connectivity index (χ4n) is 3.04. The quantitative estimate of drug-likeness (QED) is 0.920. The second kappa shape index (κ2) is 5.12. The molecule has 6 heteroatoms. The number of amides is 1. The number of rotatable bonds is 2. The standard InChI is InChI=1S/C16H20N2O3S/c1-10-11(2)17-15-5-4-12(8-14(10)15)16(19)18(3)13-6-7-22(20,21)9-13/h4-5,8,13,17H,6-7,9H2,1-3H3/t13-/m0/s1. The molecular formula is C16H20N2O3S. The fraction of sp³-hybridized carbons (Fsp3) is 0.438. The summed E-state index contributed by atoms with van der Waals surface area (Å²) in [4.78, 5) is 17.5. The molecule has 1 aliphatic heterocycles. The average molecular weight is 320 g/mol. The molecule has 1 fully saturated rings. The van der Waals surface area contributed by atoms with Crippen LogP contribution in [0.1, 0.15) is 28.0 Å². The van der Waals surface area contributed by atoms with Crippen LogP contribution >= 0.6 is 0 Å². The van der Waals surface area contributed by atoms with Gasteiger partial charge in [-0.1, -0.05) is 0 Å². The van der Waals surface area contributed by atoms with E-state index < -0.39 is 9.84 Å². The molecule has 1 aromatic carbocycles. The number of sulfone groups is 1. The number of H-pyrrole nitrogens is 1. The molecule has 1 N–H and O–H groups in total. The van der Waals surface area contributed by atoms with Gasteiger partial charge in [0.1, 0.15) is 0 Å². The minimum atomic E-state index is -2.99. The van der Waals surface area contributed by atoms with Crippen molar-refractivity contribution in [1.29, 1.82) is 0 Å². The largest absolute Gasteiger partial charge is 0.358 e. The molecule has 0 bridgehead atoms. The SMILES string of the molecule is Cc1[nH]c2ccc(C(=O)N(C)[C@H]3CCS(=O)(=O)C3)cc2c1C. The number of hydrogen-bond acceptors (Lipinski definition) is 3. The van der Waals surface area contributed by atoms with Crippen molar-refractivity contribution in [3.8, 4) is 0 Å². The average Bonchev–Trinajstić information content (AvgIpc) is 2.98. The van der Waals surface area contributed by atoms with Crippen molar-refractivity contribution in [3.05, 3.63) is 35.0 Å². The van der Waals surface area contributed by atoms with Crippen LogP contribution in [0.2, 0.25) is 0 Å². The predicted octanol–water partition coefficient (Wildman–Crippen LogP) is 2.04. The number of aromatic amines is 1. The molecule has 1 aromatic heterocycles. The number of carbonyl (C=O) groups excluding carboxylic acids is 1. The van der Waals surface area contributed by atoms with Gasteiger partial charge in [0.25, 0.3) is 5.91 Å². The number of carbonyl (C=O) groups is 1. The molecule has 118 valence electrons. The monoisotopic (exact) mass is 320 g/mol. The molecule has 2 aromatic rings. The highest BCUT2D eigenvalue weighted by molar-refractivity contribution is 7.91. The van der Waals surface area contributed by atoms with Gasteiger partial charge in [0, 0.05) is 35.2 Å². The van der Waals surface area contributed by atoms with E-state index in [1.54, 1.807) is 18.0 Å². The number of fused-ring (bicyclic) bond motifs is 1. The Balaban J connectivity index is 1.90. The Morgan fingerprint density at radius 3 is 2.68 bits per heavy atom.